The zero-order valence-corrected chi connectivity index (χ0v) is 9.26. The topological polar surface area (TPSA) is 38.0 Å². The maximum atomic E-state index is 9.02. The zero-order valence-electron chi connectivity index (χ0n) is 8.44. The molecule has 1 N–H and O–H groups in total. The molecule has 1 aromatic rings. The SMILES string of the molecule is Cn1c(CO)cnc1SC1CCCC1. The number of rotatable bonds is 3. The third-order valence-electron chi connectivity index (χ3n) is 2.78. The van der Waals surface area contributed by atoms with Crippen LogP contribution in [0.2, 0.25) is 0 Å². The molecule has 1 fully saturated rings. The summed E-state index contributed by atoms with van der Waals surface area (Å²) in [4.78, 5) is 4.32. The van der Waals surface area contributed by atoms with E-state index in [4.69, 9.17) is 5.11 Å². The van der Waals surface area contributed by atoms with Gasteiger partial charge in [0, 0.05) is 12.3 Å². The predicted octanol–water partition coefficient (Wildman–Crippen LogP) is 1.95. The second kappa shape index (κ2) is 4.36. The molecule has 1 aliphatic rings. The molecule has 1 aromatic heterocycles. The fourth-order valence-electron chi connectivity index (χ4n) is 1.84. The first-order valence-corrected chi connectivity index (χ1v) is 5.97. The lowest BCUT2D eigenvalue weighted by Gasteiger charge is -2.08. The zero-order chi connectivity index (χ0) is 9.97. The number of hydrogen-bond donors (Lipinski definition) is 1. The van der Waals surface area contributed by atoms with Crippen molar-refractivity contribution in [1.29, 1.82) is 0 Å². The lowest BCUT2D eigenvalue weighted by molar-refractivity contribution is 0.271. The molecule has 1 saturated carbocycles. The monoisotopic (exact) mass is 212 g/mol. The second-order valence-electron chi connectivity index (χ2n) is 3.77. The van der Waals surface area contributed by atoms with Crippen LogP contribution in [-0.2, 0) is 13.7 Å². The smallest absolute Gasteiger partial charge is 0.168 e. The quantitative estimate of drug-likeness (QED) is 0.832. The van der Waals surface area contributed by atoms with E-state index < -0.39 is 0 Å². The first-order valence-electron chi connectivity index (χ1n) is 5.09. The highest BCUT2D eigenvalue weighted by molar-refractivity contribution is 7.99. The van der Waals surface area contributed by atoms with Gasteiger partial charge in [0.25, 0.3) is 0 Å². The Morgan fingerprint density at radius 3 is 2.86 bits per heavy atom. The van der Waals surface area contributed by atoms with Gasteiger partial charge >= 0.3 is 0 Å². The van der Waals surface area contributed by atoms with Crippen LogP contribution in [0.15, 0.2) is 11.4 Å². The second-order valence-corrected chi connectivity index (χ2v) is 5.04. The molecular weight excluding hydrogens is 196 g/mol. The van der Waals surface area contributed by atoms with Crippen LogP contribution in [0.25, 0.3) is 0 Å². The van der Waals surface area contributed by atoms with E-state index in [1.54, 1.807) is 6.20 Å². The molecule has 0 aromatic carbocycles. The molecule has 1 heterocycles. The van der Waals surface area contributed by atoms with Gasteiger partial charge in [-0.15, -0.1) is 0 Å². The minimum absolute atomic E-state index is 0.0781. The fourth-order valence-corrected chi connectivity index (χ4v) is 3.09. The van der Waals surface area contributed by atoms with Crippen molar-refractivity contribution >= 4 is 11.8 Å². The van der Waals surface area contributed by atoms with Crippen LogP contribution in [0.3, 0.4) is 0 Å². The van der Waals surface area contributed by atoms with E-state index in [0.717, 1.165) is 16.1 Å². The van der Waals surface area contributed by atoms with Crippen LogP contribution >= 0.6 is 11.8 Å². The Hall–Kier alpha value is -0.480. The lowest BCUT2D eigenvalue weighted by Crippen LogP contribution is -2.01. The fraction of sp³-hybridized carbons (Fsp3) is 0.700. The summed E-state index contributed by atoms with van der Waals surface area (Å²) >= 11 is 1.85. The number of hydrogen-bond acceptors (Lipinski definition) is 3. The molecule has 1 aliphatic carbocycles. The van der Waals surface area contributed by atoms with Gasteiger partial charge in [-0.2, -0.15) is 0 Å². The summed E-state index contributed by atoms with van der Waals surface area (Å²) in [5.74, 6) is 0. The Bertz CT molecular complexity index is 305. The summed E-state index contributed by atoms with van der Waals surface area (Å²) in [6.45, 7) is 0.0781. The highest BCUT2D eigenvalue weighted by atomic mass is 32.2. The first kappa shape index (κ1) is 10.1. The van der Waals surface area contributed by atoms with Gasteiger partial charge in [0.1, 0.15) is 0 Å². The van der Waals surface area contributed by atoms with Gasteiger partial charge in [-0.25, -0.2) is 4.98 Å². The van der Waals surface area contributed by atoms with Crippen molar-refractivity contribution in [3.8, 4) is 0 Å². The maximum Gasteiger partial charge on any atom is 0.168 e. The molecule has 14 heavy (non-hydrogen) atoms. The summed E-state index contributed by atoms with van der Waals surface area (Å²) < 4.78 is 1.99. The van der Waals surface area contributed by atoms with Crippen LogP contribution in [-0.4, -0.2) is 19.9 Å². The Kier molecular flexibility index (Phi) is 3.13. The van der Waals surface area contributed by atoms with Crippen molar-refractivity contribution in [2.75, 3.05) is 0 Å². The molecule has 0 amide bonds. The maximum absolute atomic E-state index is 9.02. The number of thioether (sulfide) groups is 1. The number of aromatic nitrogens is 2. The molecule has 4 heteroatoms. The third kappa shape index (κ3) is 1.96. The molecule has 2 rings (SSSR count). The third-order valence-corrected chi connectivity index (χ3v) is 4.17. The van der Waals surface area contributed by atoms with E-state index in [1.807, 2.05) is 23.4 Å². The van der Waals surface area contributed by atoms with Gasteiger partial charge in [0.2, 0.25) is 0 Å². The normalized spacial score (nSPS) is 17.9. The van der Waals surface area contributed by atoms with Crippen LogP contribution < -0.4 is 0 Å². The average Bonchev–Trinajstić information content (AvgIpc) is 2.79. The average molecular weight is 212 g/mol. The van der Waals surface area contributed by atoms with E-state index in [1.165, 1.54) is 25.7 Å². The van der Waals surface area contributed by atoms with Gasteiger partial charge < -0.3 is 9.67 Å². The lowest BCUT2D eigenvalue weighted by atomic mass is 10.4. The Morgan fingerprint density at radius 2 is 2.29 bits per heavy atom. The number of nitrogens with zero attached hydrogens (tertiary/aromatic N) is 2. The molecule has 3 nitrogen and oxygen atoms in total. The van der Waals surface area contributed by atoms with Crippen LogP contribution in [0, 0.1) is 0 Å². The van der Waals surface area contributed by atoms with Crippen molar-refractivity contribution in [3.63, 3.8) is 0 Å². The van der Waals surface area contributed by atoms with Crippen molar-refractivity contribution in [2.24, 2.45) is 7.05 Å². The van der Waals surface area contributed by atoms with Crippen LogP contribution in [0.1, 0.15) is 31.4 Å². The van der Waals surface area contributed by atoms with Gasteiger partial charge in [0.15, 0.2) is 5.16 Å². The summed E-state index contributed by atoms with van der Waals surface area (Å²) in [6.07, 6.45) is 7.10. The molecule has 0 bridgehead atoms. The van der Waals surface area contributed by atoms with Gasteiger partial charge in [0.05, 0.1) is 18.5 Å². The number of aliphatic hydroxyl groups excluding tert-OH is 1. The Morgan fingerprint density at radius 1 is 1.57 bits per heavy atom. The molecule has 0 saturated heterocycles. The van der Waals surface area contributed by atoms with Gasteiger partial charge in [-0.05, 0) is 12.8 Å². The summed E-state index contributed by atoms with van der Waals surface area (Å²) in [6, 6.07) is 0. The highest BCUT2D eigenvalue weighted by Crippen LogP contribution is 2.33. The minimum atomic E-state index is 0.0781. The molecule has 78 valence electrons. The van der Waals surface area contributed by atoms with E-state index in [9.17, 15) is 0 Å². The molecule has 0 unspecified atom stereocenters. The minimum Gasteiger partial charge on any atom is -0.390 e. The molecule has 0 aliphatic heterocycles. The van der Waals surface area contributed by atoms with E-state index in [0.29, 0.717) is 0 Å². The summed E-state index contributed by atoms with van der Waals surface area (Å²) in [5, 5.41) is 10.8. The molecule has 0 spiro atoms. The van der Waals surface area contributed by atoms with E-state index in [-0.39, 0.29) is 6.61 Å². The molecule has 0 radical (unpaired) electrons. The standard InChI is InChI=1S/C10H16N2OS/c1-12-8(7-13)6-11-10(12)14-9-4-2-3-5-9/h6,9,13H,2-5,7H2,1H3. The largest absolute Gasteiger partial charge is 0.390 e. The summed E-state index contributed by atoms with van der Waals surface area (Å²) in [7, 11) is 1.97. The first-order chi connectivity index (χ1) is 6.81. The van der Waals surface area contributed by atoms with Crippen molar-refractivity contribution in [1.82, 2.24) is 9.55 Å². The predicted molar refractivity (Wildman–Crippen MR) is 57.2 cm³/mol. The van der Waals surface area contributed by atoms with Gasteiger partial charge in [-0.3, -0.25) is 0 Å². The molecule has 0 atom stereocenters. The van der Waals surface area contributed by atoms with Gasteiger partial charge in [-0.1, -0.05) is 24.6 Å². The van der Waals surface area contributed by atoms with Crippen LogP contribution in [0.5, 0.6) is 0 Å². The Balaban J connectivity index is 2.04. The Labute approximate surface area is 88.5 Å². The van der Waals surface area contributed by atoms with Crippen LogP contribution in [0.4, 0.5) is 0 Å². The van der Waals surface area contributed by atoms with E-state index >= 15 is 0 Å². The highest BCUT2D eigenvalue weighted by Gasteiger charge is 2.18. The van der Waals surface area contributed by atoms with Crippen molar-refractivity contribution < 1.29 is 5.11 Å². The van der Waals surface area contributed by atoms with E-state index in [2.05, 4.69) is 4.98 Å². The number of imidazole rings is 1. The number of aliphatic hydroxyl groups is 1. The summed E-state index contributed by atoms with van der Waals surface area (Å²) in [5.41, 5.74) is 0.894. The van der Waals surface area contributed by atoms with Crippen molar-refractivity contribution in [2.45, 2.75) is 42.7 Å². The molecular formula is C10H16N2OS. The van der Waals surface area contributed by atoms with Crippen molar-refractivity contribution in [3.05, 3.63) is 11.9 Å².